The number of hydrogen-bond donors (Lipinski definition) is 1. The summed E-state index contributed by atoms with van der Waals surface area (Å²) in [6.45, 7) is 6.17. The van der Waals surface area contributed by atoms with Crippen LogP contribution in [-0.2, 0) is 4.74 Å². The fourth-order valence-electron chi connectivity index (χ4n) is 5.11. The van der Waals surface area contributed by atoms with Gasteiger partial charge in [-0.3, -0.25) is 4.90 Å². The van der Waals surface area contributed by atoms with E-state index in [0.29, 0.717) is 6.61 Å². The van der Waals surface area contributed by atoms with Crippen LogP contribution in [0.15, 0.2) is 30.3 Å². The van der Waals surface area contributed by atoms with Crippen LogP contribution in [0.1, 0.15) is 25.7 Å². The van der Waals surface area contributed by atoms with Crippen molar-refractivity contribution in [1.29, 1.82) is 0 Å². The third-order valence-corrected chi connectivity index (χ3v) is 6.49. The molecule has 1 saturated heterocycles. The van der Waals surface area contributed by atoms with Crippen molar-refractivity contribution in [3.05, 3.63) is 30.3 Å². The first kappa shape index (κ1) is 17.3. The first-order valence-electron chi connectivity index (χ1n) is 10.1. The van der Waals surface area contributed by atoms with E-state index in [9.17, 15) is 5.11 Å². The molecule has 4 nitrogen and oxygen atoms in total. The van der Waals surface area contributed by atoms with E-state index in [1.54, 1.807) is 0 Å². The molecule has 3 aliphatic rings. The summed E-state index contributed by atoms with van der Waals surface area (Å²) in [4.78, 5) is 4.79. The van der Waals surface area contributed by atoms with Crippen LogP contribution in [0.4, 0.5) is 5.69 Å². The van der Waals surface area contributed by atoms with Crippen LogP contribution in [0.25, 0.3) is 0 Å². The maximum absolute atomic E-state index is 10.3. The molecular formula is C21H32N2O2. The van der Waals surface area contributed by atoms with Gasteiger partial charge in [0.15, 0.2) is 0 Å². The lowest BCUT2D eigenvalue weighted by Gasteiger charge is -2.36. The van der Waals surface area contributed by atoms with Crippen LogP contribution in [0.2, 0.25) is 0 Å². The number of aliphatic hydroxyl groups excluding tert-OH is 1. The molecule has 138 valence electrons. The standard InChI is InChI=1S/C21H32N2O2/c24-21(16-25-15-19-13-17-6-7-18(19)12-17)14-22-8-10-23(11-9-22)20-4-2-1-3-5-20/h1-5,17-19,21,24H,6-16H2/t17-,18-,19+,21-/m1/s1. The van der Waals surface area contributed by atoms with Gasteiger partial charge in [-0.25, -0.2) is 0 Å². The monoisotopic (exact) mass is 344 g/mol. The molecule has 1 N–H and O–H groups in total. The quantitative estimate of drug-likeness (QED) is 0.825. The average molecular weight is 344 g/mol. The number of fused-ring (bicyclic) bond motifs is 2. The highest BCUT2D eigenvalue weighted by Gasteiger charge is 2.39. The first-order chi connectivity index (χ1) is 12.3. The zero-order valence-electron chi connectivity index (χ0n) is 15.2. The second-order valence-corrected chi connectivity index (χ2v) is 8.25. The molecule has 4 heteroatoms. The molecule has 2 saturated carbocycles. The molecule has 25 heavy (non-hydrogen) atoms. The smallest absolute Gasteiger partial charge is 0.0900 e. The molecular weight excluding hydrogens is 312 g/mol. The van der Waals surface area contributed by atoms with E-state index >= 15 is 0 Å². The summed E-state index contributed by atoms with van der Waals surface area (Å²) in [5.41, 5.74) is 1.30. The zero-order valence-corrected chi connectivity index (χ0v) is 15.2. The van der Waals surface area contributed by atoms with Crippen molar-refractivity contribution < 1.29 is 9.84 Å². The minimum atomic E-state index is -0.359. The molecule has 4 rings (SSSR count). The van der Waals surface area contributed by atoms with Crippen LogP contribution in [0, 0.1) is 17.8 Å². The fourth-order valence-corrected chi connectivity index (χ4v) is 5.11. The van der Waals surface area contributed by atoms with Crippen LogP contribution in [0.3, 0.4) is 0 Å². The Morgan fingerprint density at radius 2 is 1.84 bits per heavy atom. The second kappa shape index (κ2) is 8.07. The van der Waals surface area contributed by atoms with E-state index in [4.69, 9.17) is 4.74 Å². The van der Waals surface area contributed by atoms with Gasteiger partial charge in [-0.15, -0.1) is 0 Å². The number of nitrogens with zero attached hydrogens (tertiary/aromatic N) is 2. The second-order valence-electron chi connectivity index (χ2n) is 8.25. The van der Waals surface area contributed by atoms with Gasteiger partial charge in [0, 0.05) is 45.0 Å². The van der Waals surface area contributed by atoms with Gasteiger partial charge in [0.25, 0.3) is 0 Å². The maximum Gasteiger partial charge on any atom is 0.0900 e. The zero-order chi connectivity index (χ0) is 17.1. The van der Waals surface area contributed by atoms with E-state index in [2.05, 4.69) is 40.1 Å². The predicted octanol–water partition coefficient (Wildman–Crippen LogP) is 2.62. The summed E-state index contributed by atoms with van der Waals surface area (Å²) in [6, 6.07) is 10.6. The number of rotatable bonds is 7. The number of anilines is 1. The van der Waals surface area contributed by atoms with E-state index in [1.807, 2.05) is 0 Å². The third kappa shape index (κ3) is 4.36. The van der Waals surface area contributed by atoms with Crippen molar-refractivity contribution in [2.75, 3.05) is 50.8 Å². The van der Waals surface area contributed by atoms with Crippen molar-refractivity contribution in [1.82, 2.24) is 4.90 Å². The summed E-state index contributed by atoms with van der Waals surface area (Å²) in [6.07, 6.45) is 5.29. The van der Waals surface area contributed by atoms with Gasteiger partial charge in [0.1, 0.15) is 0 Å². The van der Waals surface area contributed by atoms with E-state index in [0.717, 1.165) is 57.1 Å². The lowest BCUT2D eigenvalue weighted by molar-refractivity contribution is -0.00274. The normalized spacial score (nSPS) is 30.8. The Labute approximate surface area is 151 Å². The summed E-state index contributed by atoms with van der Waals surface area (Å²) in [5, 5.41) is 10.3. The lowest BCUT2D eigenvalue weighted by atomic mass is 9.90. The van der Waals surface area contributed by atoms with E-state index in [-0.39, 0.29) is 6.10 Å². The largest absolute Gasteiger partial charge is 0.389 e. The Kier molecular flexibility index (Phi) is 5.59. The maximum atomic E-state index is 10.3. The van der Waals surface area contributed by atoms with Crippen molar-refractivity contribution in [3.8, 4) is 0 Å². The number of aliphatic hydroxyl groups is 1. The molecule has 1 heterocycles. The van der Waals surface area contributed by atoms with Crippen LogP contribution in [0.5, 0.6) is 0 Å². The van der Waals surface area contributed by atoms with Gasteiger partial charge >= 0.3 is 0 Å². The van der Waals surface area contributed by atoms with Crippen LogP contribution < -0.4 is 4.90 Å². The highest BCUT2D eigenvalue weighted by atomic mass is 16.5. The first-order valence-corrected chi connectivity index (χ1v) is 10.1. The summed E-state index contributed by atoms with van der Waals surface area (Å²) < 4.78 is 5.88. The van der Waals surface area contributed by atoms with Gasteiger partial charge in [0.05, 0.1) is 12.7 Å². The molecule has 2 aliphatic carbocycles. The molecule has 1 aliphatic heterocycles. The third-order valence-electron chi connectivity index (χ3n) is 6.49. The molecule has 2 bridgehead atoms. The summed E-state index contributed by atoms with van der Waals surface area (Å²) in [5.74, 6) is 2.65. The Hall–Kier alpha value is -1.10. The minimum Gasteiger partial charge on any atom is -0.389 e. The number of benzene rings is 1. The molecule has 1 aromatic rings. The highest BCUT2D eigenvalue weighted by Crippen LogP contribution is 2.48. The Morgan fingerprint density at radius 3 is 2.52 bits per heavy atom. The Bertz CT molecular complexity index is 530. The fraction of sp³-hybridized carbons (Fsp3) is 0.714. The van der Waals surface area contributed by atoms with Gasteiger partial charge < -0.3 is 14.7 Å². The molecule has 0 aromatic heterocycles. The average Bonchev–Trinajstić information content (AvgIpc) is 3.26. The van der Waals surface area contributed by atoms with Crippen molar-refractivity contribution in [3.63, 3.8) is 0 Å². The van der Waals surface area contributed by atoms with E-state index in [1.165, 1.54) is 31.4 Å². The van der Waals surface area contributed by atoms with Crippen molar-refractivity contribution in [2.24, 2.45) is 17.8 Å². The number of ether oxygens (including phenoxy) is 1. The number of piperazine rings is 1. The molecule has 0 unspecified atom stereocenters. The van der Waals surface area contributed by atoms with Gasteiger partial charge in [0.2, 0.25) is 0 Å². The molecule has 0 spiro atoms. The number of β-amino-alcohol motifs (C(OH)–C–C–N with tert-alkyl or cyclic N) is 1. The van der Waals surface area contributed by atoms with Crippen LogP contribution >= 0.6 is 0 Å². The molecule has 3 fully saturated rings. The predicted molar refractivity (Wildman–Crippen MR) is 101 cm³/mol. The van der Waals surface area contributed by atoms with Gasteiger partial charge in [-0.1, -0.05) is 24.6 Å². The SMILES string of the molecule is O[C@@H](COC[C@@H]1C[C@@H]2CC[C@@H]1C2)CN1CCN(c2ccccc2)CC1. The van der Waals surface area contributed by atoms with Crippen LogP contribution in [-0.4, -0.2) is 62.0 Å². The Morgan fingerprint density at radius 1 is 1.04 bits per heavy atom. The number of para-hydroxylation sites is 1. The minimum absolute atomic E-state index is 0.359. The lowest BCUT2D eigenvalue weighted by Crippen LogP contribution is -2.49. The Balaban J connectivity index is 1.13. The highest BCUT2D eigenvalue weighted by molar-refractivity contribution is 5.46. The molecule has 0 amide bonds. The van der Waals surface area contributed by atoms with Gasteiger partial charge in [-0.2, -0.15) is 0 Å². The van der Waals surface area contributed by atoms with E-state index < -0.39 is 0 Å². The number of hydrogen-bond acceptors (Lipinski definition) is 4. The molecule has 0 radical (unpaired) electrons. The molecule has 4 atom stereocenters. The topological polar surface area (TPSA) is 35.9 Å². The summed E-state index contributed by atoms with van der Waals surface area (Å²) >= 11 is 0. The van der Waals surface area contributed by atoms with Crippen molar-refractivity contribution >= 4 is 5.69 Å². The molecule has 1 aromatic carbocycles. The van der Waals surface area contributed by atoms with Gasteiger partial charge in [-0.05, 0) is 49.1 Å². The van der Waals surface area contributed by atoms with Crippen molar-refractivity contribution in [2.45, 2.75) is 31.8 Å². The summed E-state index contributed by atoms with van der Waals surface area (Å²) in [7, 11) is 0.